The zero-order valence-corrected chi connectivity index (χ0v) is 23.0. The predicted molar refractivity (Wildman–Crippen MR) is 145 cm³/mol. The Morgan fingerprint density at radius 1 is 1.08 bits per heavy atom. The van der Waals surface area contributed by atoms with Crippen molar-refractivity contribution in [2.24, 2.45) is 11.8 Å². The quantitative estimate of drug-likeness (QED) is 0.422. The standard InChI is InChI=1S/C29H35F2N5O2S/c1-39(37,38)34-7-3-19(4-8-34)26(20-10-22(30)13-23(31)11-20)5-9-36-24-12-21-15-29(21,36)16-25(14-24)35-18-33-27-17-32-6-2-28(27)35/h2,6,10-11,13,17-19,21,24-26H,3-5,7-9,12,14-16H2,1H3/t21?,24-,25-,26-,29?/m1/s1. The van der Waals surface area contributed by atoms with E-state index in [0.29, 0.717) is 43.6 Å². The van der Waals surface area contributed by atoms with Crippen molar-refractivity contribution in [3.05, 3.63) is 60.2 Å². The van der Waals surface area contributed by atoms with Gasteiger partial charge in [-0.25, -0.2) is 26.5 Å². The van der Waals surface area contributed by atoms with E-state index in [1.807, 2.05) is 18.7 Å². The van der Waals surface area contributed by atoms with E-state index < -0.39 is 21.7 Å². The van der Waals surface area contributed by atoms with Crippen LogP contribution in [0.4, 0.5) is 8.78 Å². The summed E-state index contributed by atoms with van der Waals surface area (Å²) in [6.07, 6.45) is 13.7. The van der Waals surface area contributed by atoms with Gasteiger partial charge in [0, 0.05) is 43.0 Å². The molecule has 7 nitrogen and oxygen atoms in total. The second-order valence-corrected chi connectivity index (χ2v) is 14.3. The smallest absolute Gasteiger partial charge is 0.211 e. The number of halogens is 2. The molecule has 0 N–H and O–H groups in total. The first-order valence-electron chi connectivity index (χ1n) is 14.2. The number of piperidine rings is 3. The largest absolute Gasteiger partial charge is 0.327 e. The molecule has 1 aliphatic carbocycles. The summed E-state index contributed by atoms with van der Waals surface area (Å²) in [5.74, 6) is -0.182. The van der Waals surface area contributed by atoms with E-state index in [1.54, 1.807) is 0 Å². The normalized spacial score (nSPS) is 30.5. The van der Waals surface area contributed by atoms with E-state index in [0.717, 1.165) is 48.8 Å². The molecule has 2 aromatic heterocycles. The lowest BCUT2D eigenvalue weighted by molar-refractivity contribution is 0.0645. The molecular weight excluding hydrogens is 520 g/mol. The maximum absolute atomic E-state index is 14.3. The summed E-state index contributed by atoms with van der Waals surface area (Å²) < 4.78 is 56.6. The minimum atomic E-state index is -3.23. The first-order valence-corrected chi connectivity index (χ1v) is 16.0. The molecule has 1 aromatic carbocycles. The van der Waals surface area contributed by atoms with Crippen LogP contribution < -0.4 is 0 Å². The average Bonchev–Trinajstić information content (AvgIpc) is 3.29. The Kier molecular flexibility index (Phi) is 6.10. The number of sulfonamides is 1. The third-order valence-electron chi connectivity index (χ3n) is 10.2. The molecule has 10 heteroatoms. The van der Waals surface area contributed by atoms with E-state index in [9.17, 15) is 17.2 Å². The topological polar surface area (TPSA) is 71.3 Å². The van der Waals surface area contributed by atoms with E-state index in [-0.39, 0.29) is 17.4 Å². The molecule has 4 fully saturated rings. The highest BCUT2D eigenvalue weighted by Gasteiger charge is 2.67. The Morgan fingerprint density at radius 2 is 1.85 bits per heavy atom. The van der Waals surface area contributed by atoms with Crippen molar-refractivity contribution in [1.29, 1.82) is 0 Å². The van der Waals surface area contributed by atoms with Gasteiger partial charge in [0.25, 0.3) is 0 Å². The van der Waals surface area contributed by atoms with Gasteiger partial charge in [0.05, 0.1) is 24.3 Å². The van der Waals surface area contributed by atoms with E-state index in [4.69, 9.17) is 0 Å². The first kappa shape index (κ1) is 25.5. The molecule has 0 radical (unpaired) electrons. The molecule has 1 saturated carbocycles. The van der Waals surface area contributed by atoms with Crippen molar-refractivity contribution >= 4 is 21.1 Å². The fourth-order valence-electron chi connectivity index (χ4n) is 8.38. The van der Waals surface area contributed by atoms with Crippen LogP contribution in [-0.2, 0) is 10.0 Å². The van der Waals surface area contributed by atoms with Crippen LogP contribution in [0.3, 0.4) is 0 Å². The number of benzene rings is 1. The van der Waals surface area contributed by atoms with Gasteiger partial charge in [-0.05, 0) is 93.0 Å². The van der Waals surface area contributed by atoms with Gasteiger partial charge >= 0.3 is 0 Å². The Morgan fingerprint density at radius 3 is 2.56 bits per heavy atom. The van der Waals surface area contributed by atoms with Crippen LogP contribution in [-0.4, -0.2) is 69.6 Å². The maximum atomic E-state index is 14.3. The SMILES string of the molecule is CS(=O)(=O)N1CCC([C@@H](CCN2[C@@H]3CC4CC42C[C@H](n2cnc4cnccc42)C3)c2cc(F)cc(F)c2)CC1. The van der Waals surface area contributed by atoms with Crippen molar-refractivity contribution in [3.8, 4) is 0 Å². The van der Waals surface area contributed by atoms with Crippen LogP contribution in [0.25, 0.3) is 11.0 Å². The number of fused-ring (bicyclic) bond motifs is 2. The van der Waals surface area contributed by atoms with Crippen molar-refractivity contribution in [2.75, 3.05) is 25.9 Å². The van der Waals surface area contributed by atoms with Crippen molar-refractivity contribution in [2.45, 2.75) is 68.5 Å². The monoisotopic (exact) mass is 555 g/mol. The highest BCUT2D eigenvalue weighted by atomic mass is 32.2. The van der Waals surface area contributed by atoms with Gasteiger partial charge in [-0.15, -0.1) is 0 Å². The van der Waals surface area contributed by atoms with Gasteiger partial charge in [-0.1, -0.05) is 0 Å². The number of rotatable bonds is 7. The van der Waals surface area contributed by atoms with E-state index in [2.05, 4.69) is 25.5 Å². The molecule has 2 bridgehead atoms. The Balaban J connectivity index is 1.10. The highest BCUT2D eigenvalue weighted by Crippen LogP contribution is 2.66. The number of imidazole rings is 1. The fourth-order valence-corrected chi connectivity index (χ4v) is 9.25. The fraction of sp³-hybridized carbons (Fsp3) is 0.586. The molecule has 39 heavy (non-hydrogen) atoms. The maximum Gasteiger partial charge on any atom is 0.211 e. The molecular formula is C29H35F2N5O2S. The lowest BCUT2D eigenvalue weighted by atomic mass is 9.78. The minimum absolute atomic E-state index is 0.00674. The summed E-state index contributed by atoms with van der Waals surface area (Å²) in [6, 6.07) is 6.86. The molecule has 3 aliphatic heterocycles. The lowest BCUT2D eigenvalue weighted by Crippen LogP contribution is -2.48. The number of hydrogen-bond donors (Lipinski definition) is 0. The van der Waals surface area contributed by atoms with Crippen LogP contribution >= 0.6 is 0 Å². The molecule has 3 aromatic rings. The van der Waals surface area contributed by atoms with Gasteiger partial charge in [0.15, 0.2) is 0 Å². The lowest BCUT2D eigenvalue weighted by Gasteiger charge is -2.44. The van der Waals surface area contributed by atoms with E-state index >= 15 is 0 Å². The highest BCUT2D eigenvalue weighted by molar-refractivity contribution is 7.88. The number of aromatic nitrogens is 3. The molecule has 3 saturated heterocycles. The van der Waals surface area contributed by atoms with Crippen LogP contribution in [0.5, 0.6) is 0 Å². The zero-order chi connectivity index (χ0) is 26.9. The van der Waals surface area contributed by atoms with Gasteiger partial charge < -0.3 is 4.57 Å². The predicted octanol–water partition coefficient (Wildman–Crippen LogP) is 4.72. The third-order valence-corrected chi connectivity index (χ3v) is 11.5. The molecule has 1 spiro atoms. The number of nitrogens with zero attached hydrogens (tertiary/aromatic N) is 5. The molecule has 2 unspecified atom stereocenters. The number of hydrogen-bond acceptors (Lipinski definition) is 5. The summed E-state index contributed by atoms with van der Waals surface area (Å²) in [5, 5.41) is 0. The summed E-state index contributed by atoms with van der Waals surface area (Å²) in [7, 11) is -3.23. The summed E-state index contributed by atoms with van der Waals surface area (Å²) in [6.45, 7) is 1.83. The van der Waals surface area contributed by atoms with Crippen LogP contribution in [0, 0.1) is 23.5 Å². The molecule has 7 rings (SSSR count). The second-order valence-electron chi connectivity index (χ2n) is 12.3. The summed E-state index contributed by atoms with van der Waals surface area (Å²) in [4.78, 5) is 11.5. The van der Waals surface area contributed by atoms with E-state index in [1.165, 1.54) is 35.5 Å². The summed E-state index contributed by atoms with van der Waals surface area (Å²) >= 11 is 0. The average molecular weight is 556 g/mol. The van der Waals surface area contributed by atoms with Gasteiger partial charge in [-0.3, -0.25) is 9.88 Å². The van der Waals surface area contributed by atoms with Gasteiger partial charge in [-0.2, -0.15) is 0 Å². The molecule has 208 valence electrons. The molecule has 0 amide bonds. The number of pyridine rings is 1. The molecule has 5 atom stereocenters. The Labute approximate surface area is 228 Å². The van der Waals surface area contributed by atoms with Crippen LogP contribution in [0.1, 0.15) is 62.5 Å². The van der Waals surface area contributed by atoms with Crippen molar-refractivity contribution < 1.29 is 17.2 Å². The zero-order valence-electron chi connectivity index (χ0n) is 22.2. The molecule has 5 heterocycles. The second kappa shape index (κ2) is 9.31. The molecule has 4 aliphatic rings. The van der Waals surface area contributed by atoms with Crippen LogP contribution in [0.2, 0.25) is 0 Å². The van der Waals surface area contributed by atoms with Crippen LogP contribution in [0.15, 0.2) is 43.0 Å². The minimum Gasteiger partial charge on any atom is -0.327 e. The third kappa shape index (κ3) is 4.48. The van der Waals surface area contributed by atoms with Crippen molar-refractivity contribution in [3.63, 3.8) is 0 Å². The summed E-state index contributed by atoms with van der Waals surface area (Å²) in [5.41, 5.74) is 3.00. The van der Waals surface area contributed by atoms with Gasteiger partial charge in [0.2, 0.25) is 10.0 Å². The van der Waals surface area contributed by atoms with Crippen molar-refractivity contribution in [1.82, 2.24) is 23.7 Å². The Hall–Kier alpha value is -2.43. The first-order chi connectivity index (χ1) is 18.7. The Bertz CT molecular complexity index is 1480. The van der Waals surface area contributed by atoms with Gasteiger partial charge in [0.1, 0.15) is 17.2 Å².